The molecule has 6 rings (SSSR count). The SMILES string of the molecule is COc1cc(-c2cnc3[nH]c4cnc(-c5cnn(C)c5)cc4c3c2)ccc1CN1CCCCC1. The fourth-order valence-corrected chi connectivity index (χ4v) is 4.96. The van der Waals surface area contributed by atoms with Crippen molar-refractivity contribution in [1.82, 2.24) is 29.6 Å². The van der Waals surface area contributed by atoms with E-state index in [1.807, 2.05) is 31.8 Å². The largest absolute Gasteiger partial charge is 0.496 e. The first-order valence-corrected chi connectivity index (χ1v) is 11.8. The van der Waals surface area contributed by atoms with Crippen molar-refractivity contribution in [2.75, 3.05) is 20.2 Å². The minimum absolute atomic E-state index is 0.859. The fraction of sp³-hybridized carbons (Fsp3) is 0.296. The number of hydrogen-bond acceptors (Lipinski definition) is 5. The molecule has 0 aliphatic carbocycles. The van der Waals surface area contributed by atoms with Gasteiger partial charge in [0.15, 0.2) is 0 Å². The van der Waals surface area contributed by atoms with E-state index >= 15 is 0 Å². The maximum atomic E-state index is 5.79. The van der Waals surface area contributed by atoms with Gasteiger partial charge in [-0.15, -0.1) is 0 Å². The Morgan fingerprint density at radius 1 is 0.912 bits per heavy atom. The lowest BCUT2D eigenvalue weighted by molar-refractivity contribution is 0.218. The molecule has 1 N–H and O–H groups in total. The first-order valence-electron chi connectivity index (χ1n) is 11.8. The number of H-pyrrole nitrogens is 1. The van der Waals surface area contributed by atoms with Crippen molar-refractivity contribution in [3.05, 3.63) is 60.7 Å². The molecule has 1 saturated heterocycles. The van der Waals surface area contributed by atoms with Crippen LogP contribution in [0.3, 0.4) is 0 Å². The van der Waals surface area contributed by atoms with Gasteiger partial charge in [0.25, 0.3) is 0 Å². The molecule has 1 aliphatic rings. The molecule has 0 radical (unpaired) electrons. The van der Waals surface area contributed by atoms with E-state index in [1.165, 1.54) is 37.9 Å². The number of nitrogens with one attached hydrogen (secondary N) is 1. The van der Waals surface area contributed by atoms with Gasteiger partial charge >= 0.3 is 0 Å². The zero-order valence-electron chi connectivity index (χ0n) is 19.6. The summed E-state index contributed by atoms with van der Waals surface area (Å²) in [4.78, 5) is 15.3. The van der Waals surface area contributed by atoms with Gasteiger partial charge in [-0.25, -0.2) is 4.98 Å². The molecule has 5 aromatic rings. The molecule has 1 aliphatic heterocycles. The summed E-state index contributed by atoms with van der Waals surface area (Å²) in [7, 11) is 3.67. The van der Waals surface area contributed by atoms with Crippen molar-refractivity contribution in [2.45, 2.75) is 25.8 Å². The number of aromatic amines is 1. The quantitative estimate of drug-likeness (QED) is 0.398. The number of piperidine rings is 1. The Morgan fingerprint density at radius 2 is 1.79 bits per heavy atom. The second kappa shape index (κ2) is 8.57. The van der Waals surface area contributed by atoms with Gasteiger partial charge in [0.2, 0.25) is 0 Å². The maximum absolute atomic E-state index is 5.79. The number of fused-ring (bicyclic) bond motifs is 3. The predicted molar refractivity (Wildman–Crippen MR) is 135 cm³/mol. The van der Waals surface area contributed by atoms with Crippen LogP contribution in [-0.2, 0) is 13.6 Å². The van der Waals surface area contributed by atoms with E-state index < -0.39 is 0 Å². The highest BCUT2D eigenvalue weighted by Gasteiger charge is 2.15. The van der Waals surface area contributed by atoms with Crippen molar-refractivity contribution in [1.29, 1.82) is 0 Å². The molecule has 34 heavy (non-hydrogen) atoms. The standard InChI is InChI=1S/C27H28N6O/c1-32-16-21(14-30-32)24-12-22-23-10-20(13-29-27(23)31-25(22)15-28-24)18-6-7-19(26(11-18)34-2)17-33-8-4-3-5-9-33/h6-7,10-16H,3-5,8-9,17H2,1-2H3,(H,29,31). The monoisotopic (exact) mass is 452 g/mol. The second-order valence-corrected chi connectivity index (χ2v) is 9.13. The van der Waals surface area contributed by atoms with E-state index in [1.54, 1.807) is 11.8 Å². The molecular weight excluding hydrogens is 424 g/mol. The molecule has 4 aromatic heterocycles. The first-order chi connectivity index (χ1) is 16.7. The van der Waals surface area contributed by atoms with Crippen LogP contribution in [0.15, 0.2) is 55.1 Å². The van der Waals surface area contributed by atoms with Crippen molar-refractivity contribution >= 4 is 21.9 Å². The number of rotatable bonds is 5. The number of methoxy groups -OCH3 is 1. The van der Waals surface area contributed by atoms with Gasteiger partial charge in [0.1, 0.15) is 11.4 Å². The minimum atomic E-state index is 0.859. The van der Waals surface area contributed by atoms with E-state index in [2.05, 4.69) is 50.3 Å². The summed E-state index contributed by atoms with van der Waals surface area (Å²) in [6.07, 6.45) is 11.5. The molecule has 0 saturated carbocycles. The zero-order chi connectivity index (χ0) is 23.1. The maximum Gasteiger partial charge on any atom is 0.138 e. The third-order valence-corrected chi connectivity index (χ3v) is 6.80. The van der Waals surface area contributed by atoms with Gasteiger partial charge in [-0.1, -0.05) is 18.6 Å². The molecule has 172 valence electrons. The third-order valence-electron chi connectivity index (χ3n) is 6.80. The van der Waals surface area contributed by atoms with Crippen molar-refractivity contribution < 1.29 is 4.74 Å². The summed E-state index contributed by atoms with van der Waals surface area (Å²) >= 11 is 0. The van der Waals surface area contributed by atoms with Crippen LogP contribution >= 0.6 is 0 Å². The molecule has 5 heterocycles. The van der Waals surface area contributed by atoms with Crippen molar-refractivity contribution in [2.24, 2.45) is 7.05 Å². The summed E-state index contributed by atoms with van der Waals surface area (Å²) in [6.45, 7) is 3.27. The lowest BCUT2D eigenvalue weighted by atomic mass is 10.0. The number of benzene rings is 1. The number of aryl methyl sites for hydroxylation is 1. The highest BCUT2D eigenvalue weighted by Crippen LogP contribution is 2.33. The Kier molecular flexibility index (Phi) is 5.26. The molecule has 1 fully saturated rings. The van der Waals surface area contributed by atoms with Crippen LogP contribution in [0.2, 0.25) is 0 Å². The molecule has 7 heteroatoms. The number of nitrogens with zero attached hydrogens (tertiary/aromatic N) is 5. The van der Waals surface area contributed by atoms with E-state index in [0.717, 1.165) is 56.6 Å². The van der Waals surface area contributed by atoms with E-state index in [4.69, 9.17) is 9.72 Å². The van der Waals surface area contributed by atoms with Crippen LogP contribution in [0.1, 0.15) is 24.8 Å². The Bertz CT molecular complexity index is 1480. The van der Waals surface area contributed by atoms with Crippen LogP contribution in [0.25, 0.3) is 44.3 Å². The summed E-state index contributed by atoms with van der Waals surface area (Å²) in [5, 5.41) is 6.46. The molecule has 0 bridgehead atoms. The van der Waals surface area contributed by atoms with Crippen LogP contribution in [0, 0.1) is 0 Å². The topological polar surface area (TPSA) is 71.9 Å². The Hall–Kier alpha value is -3.71. The predicted octanol–water partition coefficient (Wildman–Crippen LogP) is 5.17. The normalized spacial score (nSPS) is 14.8. The van der Waals surface area contributed by atoms with Gasteiger partial charge in [-0.3, -0.25) is 14.6 Å². The van der Waals surface area contributed by atoms with E-state index in [9.17, 15) is 0 Å². The lowest BCUT2D eigenvalue weighted by Crippen LogP contribution is -2.29. The number of likely N-dealkylation sites (tertiary alicyclic amines) is 1. The van der Waals surface area contributed by atoms with Gasteiger partial charge in [0, 0.05) is 53.4 Å². The molecule has 0 amide bonds. The molecule has 0 spiro atoms. The molecule has 7 nitrogen and oxygen atoms in total. The summed E-state index contributed by atoms with van der Waals surface area (Å²) in [6, 6.07) is 10.8. The highest BCUT2D eigenvalue weighted by molar-refractivity contribution is 6.07. The van der Waals surface area contributed by atoms with E-state index in [-0.39, 0.29) is 0 Å². The van der Waals surface area contributed by atoms with Gasteiger partial charge in [-0.05, 0) is 49.7 Å². The smallest absolute Gasteiger partial charge is 0.138 e. The summed E-state index contributed by atoms with van der Waals surface area (Å²) in [5.74, 6) is 0.935. The first kappa shape index (κ1) is 20.9. The fourth-order valence-electron chi connectivity index (χ4n) is 4.96. The van der Waals surface area contributed by atoms with Crippen molar-refractivity contribution in [3.63, 3.8) is 0 Å². The zero-order valence-corrected chi connectivity index (χ0v) is 19.6. The number of hydrogen-bond donors (Lipinski definition) is 1. The summed E-state index contributed by atoms with van der Waals surface area (Å²) in [5.41, 5.74) is 7.13. The van der Waals surface area contributed by atoms with Gasteiger partial charge in [-0.2, -0.15) is 5.10 Å². The van der Waals surface area contributed by atoms with Crippen LogP contribution in [-0.4, -0.2) is 49.8 Å². The minimum Gasteiger partial charge on any atom is -0.496 e. The van der Waals surface area contributed by atoms with Crippen LogP contribution < -0.4 is 4.74 Å². The number of pyridine rings is 2. The third kappa shape index (κ3) is 3.82. The van der Waals surface area contributed by atoms with Crippen LogP contribution in [0.5, 0.6) is 5.75 Å². The molecule has 1 aromatic carbocycles. The second-order valence-electron chi connectivity index (χ2n) is 9.13. The highest BCUT2D eigenvalue weighted by atomic mass is 16.5. The molecular formula is C27H28N6O. The van der Waals surface area contributed by atoms with Crippen LogP contribution in [0.4, 0.5) is 0 Å². The number of aromatic nitrogens is 5. The Labute approximate surface area is 198 Å². The van der Waals surface area contributed by atoms with Gasteiger partial charge < -0.3 is 9.72 Å². The molecule has 0 unspecified atom stereocenters. The Morgan fingerprint density at radius 3 is 2.59 bits per heavy atom. The number of ether oxygens (including phenoxy) is 1. The Balaban J connectivity index is 1.37. The average Bonchev–Trinajstić information content (AvgIpc) is 3.47. The van der Waals surface area contributed by atoms with Gasteiger partial charge in [0.05, 0.1) is 30.7 Å². The average molecular weight is 453 g/mol. The molecule has 0 atom stereocenters. The lowest BCUT2D eigenvalue weighted by Gasteiger charge is -2.27. The summed E-state index contributed by atoms with van der Waals surface area (Å²) < 4.78 is 7.58. The van der Waals surface area contributed by atoms with Crippen molar-refractivity contribution in [3.8, 4) is 28.1 Å². The van der Waals surface area contributed by atoms with E-state index in [0.29, 0.717) is 0 Å².